The molecule has 0 radical (unpaired) electrons. The SMILES string of the molecule is Cn1nc2c(c1NC(=O)c1ccc(C(=O)c3ccccc3)cc1)CCC2. The van der Waals surface area contributed by atoms with Gasteiger partial charge in [0.2, 0.25) is 0 Å². The number of anilines is 1. The van der Waals surface area contributed by atoms with Gasteiger partial charge in [0.25, 0.3) is 5.91 Å². The first-order valence-electron chi connectivity index (χ1n) is 8.69. The Morgan fingerprint density at radius 2 is 1.58 bits per heavy atom. The van der Waals surface area contributed by atoms with E-state index < -0.39 is 0 Å². The van der Waals surface area contributed by atoms with E-state index in [1.165, 1.54) is 0 Å². The first kappa shape index (κ1) is 16.3. The number of nitrogens with zero attached hydrogens (tertiary/aromatic N) is 2. The third kappa shape index (κ3) is 2.92. The van der Waals surface area contributed by atoms with Gasteiger partial charge in [0.05, 0.1) is 5.69 Å². The number of carbonyl (C=O) groups excluding carboxylic acids is 2. The van der Waals surface area contributed by atoms with Crippen molar-refractivity contribution in [3.05, 3.63) is 82.5 Å². The maximum Gasteiger partial charge on any atom is 0.256 e. The number of benzene rings is 2. The van der Waals surface area contributed by atoms with Crippen LogP contribution in [0.3, 0.4) is 0 Å². The number of carbonyl (C=O) groups is 2. The van der Waals surface area contributed by atoms with Gasteiger partial charge in [-0.3, -0.25) is 14.3 Å². The van der Waals surface area contributed by atoms with Crippen molar-refractivity contribution < 1.29 is 9.59 Å². The van der Waals surface area contributed by atoms with Gasteiger partial charge in [-0.1, -0.05) is 42.5 Å². The lowest BCUT2D eigenvalue weighted by atomic mass is 10.0. The molecule has 0 unspecified atom stereocenters. The molecule has 5 nitrogen and oxygen atoms in total. The van der Waals surface area contributed by atoms with Crippen molar-refractivity contribution in [1.29, 1.82) is 0 Å². The highest BCUT2D eigenvalue weighted by Crippen LogP contribution is 2.28. The lowest BCUT2D eigenvalue weighted by Crippen LogP contribution is -2.16. The summed E-state index contributed by atoms with van der Waals surface area (Å²) in [6, 6.07) is 15.9. The number of nitrogens with one attached hydrogen (secondary N) is 1. The number of rotatable bonds is 4. The summed E-state index contributed by atoms with van der Waals surface area (Å²) in [4.78, 5) is 25.0. The first-order chi connectivity index (χ1) is 12.6. The fourth-order valence-electron chi connectivity index (χ4n) is 3.38. The van der Waals surface area contributed by atoms with Crippen LogP contribution in [0.4, 0.5) is 5.82 Å². The predicted octanol–water partition coefficient (Wildman–Crippen LogP) is 3.39. The van der Waals surface area contributed by atoms with Gasteiger partial charge in [-0.15, -0.1) is 0 Å². The highest BCUT2D eigenvalue weighted by Gasteiger charge is 2.22. The molecule has 3 aromatic rings. The molecular weight excluding hydrogens is 326 g/mol. The smallest absolute Gasteiger partial charge is 0.256 e. The molecule has 0 fully saturated rings. The van der Waals surface area contributed by atoms with E-state index in [0.29, 0.717) is 16.7 Å². The highest BCUT2D eigenvalue weighted by atomic mass is 16.1. The number of aromatic nitrogens is 2. The third-order valence-electron chi connectivity index (χ3n) is 4.75. The van der Waals surface area contributed by atoms with E-state index in [4.69, 9.17) is 0 Å². The quantitative estimate of drug-likeness (QED) is 0.737. The van der Waals surface area contributed by atoms with Crippen LogP contribution >= 0.6 is 0 Å². The first-order valence-corrected chi connectivity index (χ1v) is 8.69. The van der Waals surface area contributed by atoms with Crippen LogP contribution in [0, 0.1) is 0 Å². The summed E-state index contributed by atoms with van der Waals surface area (Å²) < 4.78 is 1.73. The monoisotopic (exact) mass is 345 g/mol. The summed E-state index contributed by atoms with van der Waals surface area (Å²) in [6.45, 7) is 0. The molecule has 0 saturated carbocycles. The number of hydrogen-bond acceptors (Lipinski definition) is 3. The standard InChI is InChI=1S/C21H19N3O2/c1-24-20(17-8-5-9-18(17)23-24)22-21(26)16-12-10-15(11-13-16)19(25)14-6-3-2-4-7-14/h2-4,6-7,10-13H,5,8-9H2,1H3,(H,22,26). The van der Waals surface area contributed by atoms with Crippen molar-refractivity contribution >= 4 is 17.5 Å². The van der Waals surface area contributed by atoms with E-state index in [0.717, 1.165) is 36.3 Å². The summed E-state index contributed by atoms with van der Waals surface area (Å²) in [5.41, 5.74) is 3.93. The number of fused-ring (bicyclic) bond motifs is 1. The van der Waals surface area contributed by atoms with Crippen molar-refractivity contribution in [2.24, 2.45) is 7.05 Å². The molecule has 1 amide bonds. The van der Waals surface area contributed by atoms with E-state index in [1.807, 2.05) is 25.2 Å². The summed E-state index contributed by atoms with van der Waals surface area (Å²) in [6.07, 6.45) is 3.00. The average Bonchev–Trinajstić information content (AvgIpc) is 3.24. The average molecular weight is 345 g/mol. The zero-order valence-electron chi connectivity index (χ0n) is 14.5. The van der Waals surface area contributed by atoms with Gasteiger partial charge in [0.1, 0.15) is 5.82 Å². The maximum absolute atomic E-state index is 12.6. The Morgan fingerprint density at radius 3 is 2.31 bits per heavy atom. The Kier molecular flexibility index (Phi) is 4.13. The van der Waals surface area contributed by atoms with Gasteiger partial charge < -0.3 is 5.32 Å². The molecule has 1 heterocycles. The van der Waals surface area contributed by atoms with Crippen LogP contribution in [0.2, 0.25) is 0 Å². The van der Waals surface area contributed by atoms with E-state index in [9.17, 15) is 9.59 Å². The van der Waals surface area contributed by atoms with Crippen LogP contribution in [-0.2, 0) is 19.9 Å². The Labute approximate surface area is 151 Å². The van der Waals surface area contributed by atoms with Crippen molar-refractivity contribution in [3.8, 4) is 0 Å². The van der Waals surface area contributed by atoms with Gasteiger partial charge in [-0.05, 0) is 31.4 Å². The molecule has 1 N–H and O–H groups in total. The molecule has 2 aromatic carbocycles. The maximum atomic E-state index is 12.6. The summed E-state index contributed by atoms with van der Waals surface area (Å²) in [5, 5.41) is 7.43. The minimum Gasteiger partial charge on any atom is -0.307 e. The fraction of sp³-hybridized carbons (Fsp3) is 0.190. The lowest BCUT2D eigenvalue weighted by molar-refractivity contribution is 0.101. The summed E-state index contributed by atoms with van der Waals surface area (Å²) in [5.74, 6) is 0.523. The van der Waals surface area contributed by atoms with E-state index >= 15 is 0 Å². The minimum atomic E-state index is -0.193. The van der Waals surface area contributed by atoms with Crippen LogP contribution in [0.5, 0.6) is 0 Å². The Balaban J connectivity index is 1.52. The lowest BCUT2D eigenvalue weighted by Gasteiger charge is -2.08. The Hall–Kier alpha value is -3.21. The van der Waals surface area contributed by atoms with E-state index in [2.05, 4.69) is 10.4 Å². The zero-order chi connectivity index (χ0) is 18.1. The van der Waals surface area contributed by atoms with Crippen LogP contribution in [0.25, 0.3) is 0 Å². The van der Waals surface area contributed by atoms with Crippen molar-refractivity contribution in [2.75, 3.05) is 5.32 Å². The summed E-state index contributed by atoms with van der Waals surface area (Å²) >= 11 is 0. The number of hydrogen-bond donors (Lipinski definition) is 1. The molecule has 0 saturated heterocycles. The second-order valence-corrected chi connectivity index (χ2v) is 6.48. The van der Waals surface area contributed by atoms with Crippen molar-refractivity contribution in [1.82, 2.24) is 9.78 Å². The van der Waals surface area contributed by atoms with Gasteiger partial charge >= 0.3 is 0 Å². The molecule has 5 heteroatoms. The largest absolute Gasteiger partial charge is 0.307 e. The second-order valence-electron chi connectivity index (χ2n) is 6.48. The highest BCUT2D eigenvalue weighted by molar-refractivity contribution is 6.10. The number of aryl methyl sites for hydroxylation is 2. The van der Waals surface area contributed by atoms with Crippen LogP contribution in [0.1, 0.15) is 44.0 Å². The molecule has 1 aliphatic carbocycles. The van der Waals surface area contributed by atoms with Gasteiger partial charge in [-0.25, -0.2) is 0 Å². The molecule has 130 valence electrons. The van der Waals surface area contributed by atoms with Crippen molar-refractivity contribution in [2.45, 2.75) is 19.3 Å². The molecule has 0 aliphatic heterocycles. The topological polar surface area (TPSA) is 64.0 Å². The third-order valence-corrected chi connectivity index (χ3v) is 4.75. The molecule has 0 atom stereocenters. The normalized spacial score (nSPS) is 12.7. The second kappa shape index (κ2) is 6.59. The Bertz CT molecular complexity index is 972. The number of ketones is 1. The molecule has 26 heavy (non-hydrogen) atoms. The fourth-order valence-corrected chi connectivity index (χ4v) is 3.38. The molecule has 4 rings (SSSR count). The summed E-state index contributed by atoms with van der Waals surface area (Å²) in [7, 11) is 1.84. The Morgan fingerprint density at radius 1 is 0.923 bits per heavy atom. The molecule has 0 spiro atoms. The van der Waals surface area contributed by atoms with Gasteiger partial charge in [0, 0.05) is 29.3 Å². The van der Waals surface area contributed by atoms with Crippen molar-refractivity contribution in [3.63, 3.8) is 0 Å². The van der Waals surface area contributed by atoms with Gasteiger partial charge in [-0.2, -0.15) is 5.10 Å². The zero-order valence-corrected chi connectivity index (χ0v) is 14.5. The van der Waals surface area contributed by atoms with Gasteiger partial charge in [0.15, 0.2) is 5.78 Å². The van der Waals surface area contributed by atoms with E-state index in [-0.39, 0.29) is 11.7 Å². The molecule has 1 aliphatic rings. The van der Waals surface area contributed by atoms with E-state index in [1.54, 1.807) is 41.1 Å². The number of amides is 1. The van der Waals surface area contributed by atoms with Crippen LogP contribution in [0.15, 0.2) is 54.6 Å². The van der Waals surface area contributed by atoms with Crippen LogP contribution in [-0.4, -0.2) is 21.5 Å². The molecule has 0 bridgehead atoms. The molecule has 1 aromatic heterocycles. The predicted molar refractivity (Wildman–Crippen MR) is 99.5 cm³/mol. The van der Waals surface area contributed by atoms with Crippen LogP contribution < -0.4 is 5.32 Å². The minimum absolute atomic E-state index is 0.0537. The molecular formula is C21H19N3O2.